The van der Waals surface area contributed by atoms with Crippen molar-refractivity contribution >= 4 is 60.5 Å². The third-order valence-corrected chi connectivity index (χ3v) is 10.2. The van der Waals surface area contributed by atoms with Crippen molar-refractivity contribution < 1.29 is 4.42 Å². The molecule has 0 atom stereocenters. The van der Waals surface area contributed by atoms with Crippen LogP contribution in [0, 0.1) is 0 Å². The predicted octanol–water partition coefficient (Wildman–Crippen LogP) is 14.4. The molecule has 0 saturated carbocycles. The molecule has 1 aromatic heterocycles. The van der Waals surface area contributed by atoms with E-state index in [1.54, 1.807) is 0 Å². The molecule has 2 nitrogen and oxygen atoms in total. The fourth-order valence-corrected chi connectivity index (χ4v) is 7.60. The van der Waals surface area contributed by atoms with Crippen LogP contribution in [0.4, 0.5) is 17.1 Å². The standard InChI is InChI=1S/C50H33NO/c1-3-11-34(12-4-1)37-21-19-35-20-22-39(31-42(35)30-37)38-23-24-41-32-43(26-25-40(41)29-38)51(48-17-9-7-15-45(48)36-13-5-2-6-14-36)44-27-28-47-46-16-8-10-18-49(46)52-50(47)33-44/h1-33H. The van der Waals surface area contributed by atoms with Crippen LogP contribution in [-0.2, 0) is 0 Å². The van der Waals surface area contributed by atoms with Gasteiger partial charge in [0.15, 0.2) is 0 Å². The first-order valence-electron chi connectivity index (χ1n) is 17.7. The molecule has 244 valence electrons. The molecule has 1 heterocycles. The van der Waals surface area contributed by atoms with Gasteiger partial charge in [0.2, 0.25) is 0 Å². The minimum absolute atomic E-state index is 0.873. The van der Waals surface area contributed by atoms with Gasteiger partial charge in [0.1, 0.15) is 11.2 Å². The lowest BCUT2D eigenvalue weighted by atomic mass is 9.96. The van der Waals surface area contributed by atoms with Crippen LogP contribution in [0.25, 0.3) is 76.9 Å². The van der Waals surface area contributed by atoms with Crippen molar-refractivity contribution in [1.82, 2.24) is 0 Å². The van der Waals surface area contributed by atoms with Crippen molar-refractivity contribution in [2.75, 3.05) is 4.90 Å². The Hall–Kier alpha value is -6.90. The van der Waals surface area contributed by atoms with Crippen LogP contribution in [-0.4, -0.2) is 0 Å². The first-order chi connectivity index (χ1) is 25.7. The summed E-state index contributed by atoms with van der Waals surface area (Å²) in [5, 5.41) is 7.11. The average molecular weight is 664 g/mol. The number of hydrogen-bond acceptors (Lipinski definition) is 2. The summed E-state index contributed by atoms with van der Waals surface area (Å²) in [6.07, 6.45) is 0. The molecule has 0 spiro atoms. The number of furan rings is 1. The SMILES string of the molecule is c1ccc(-c2ccc3ccc(-c4ccc5cc(N(c6ccc7c(c6)oc6ccccc67)c6ccccc6-c6ccccc6)ccc5c4)cc3c2)cc1. The fraction of sp³-hybridized carbons (Fsp3) is 0. The zero-order valence-corrected chi connectivity index (χ0v) is 28.4. The molecule has 0 bridgehead atoms. The maximum Gasteiger partial charge on any atom is 0.137 e. The van der Waals surface area contributed by atoms with Crippen LogP contribution in [0.2, 0.25) is 0 Å². The molecule has 0 aliphatic rings. The minimum atomic E-state index is 0.873. The van der Waals surface area contributed by atoms with E-state index in [2.05, 4.69) is 193 Å². The van der Waals surface area contributed by atoms with Gasteiger partial charge in [0.05, 0.1) is 5.69 Å². The molecule has 0 unspecified atom stereocenters. The number of anilines is 3. The van der Waals surface area contributed by atoms with Crippen LogP contribution in [0.15, 0.2) is 205 Å². The summed E-state index contributed by atoms with van der Waals surface area (Å²) >= 11 is 0. The smallest absolute Gasteiger partial charge is 0.137 e. The molecule has 2 heteroatoms. The van der Waals surface area contributed by atoms with Gasteiger partial charge >= 0.3 is 0 Å². The quantitative estimate of drug-likeness (QED) is 0.176. The number of benzene rings is 9. The summed E-state index contributed by atoms with van der Waals surface area (Å²) in [5.41, 5.74) is 12.2. The lowest BCUT2D eigenvalue weighted by Crippen LogP contribution is -2.11. The molecule has 52 heavy (non-hydrogen) atoms. The third-order valence-electron chi connectivity index (χ3n) is 10.2. The van der Waals surface area contributed by atoms with Gasteiger partial charge in [-0.3, -0.25) is 0 Å². The number of hydrogen-bond donors (Lipinski definition) is 0. The van der Waals surface area contributed by atoms with E-state index in [-0.39, 0.29) is 0 Å². The summed E-state index contributed by atoms with van der Waals surface area (Å²) in [6.45, 7) is 0. The van der Waals surface area contributed by atoms with Gasteiger partial charge in [-0.15, -0.1) is 0 Å². The Morgan fingerprint density at radius 1 is 0.308 bits per heavy atom. The molecule has 9 aromatic carbocycles. The molecule has 10 aromatic rings. The Kier molecular flexibility index (Phi) is 7.18. The molecule has 0 N–H and O–H groups in total. The van der Waals surface area contributed by atoms with Gasteiger partial charge in [-0.1, -0.05) is 140 Å². The van der Waals surface area contributed by atoms with E-state index in [1.165, 1.54) is 49.4 Å². The molecule has 0 amide bonds. The lowest BCUT2D eigenvalue weighted by molar-refractivity contribution is 0.669. The van der Waals surface area contributed by atoms with Crippen molar-refractivity contribution in [2.45, 2.75) is 0 Å². The second-order valence-electron chi connectivity index (χ2n) is 13.4. The van der Waals surface area contributed by atoms with E-state index in [9.17, 15) is 0 Å². The molecular formula is C50H33NO. The normalized spacial score (nSPS) is 11.5. The highest BCUT2D eigenvalue weighted by molar-refractivity contribution is 6.06. The largest absolute Gasteiger partial charge is 0.456 e. The third kappa shape index (κ3) is 5.30. The highest BCUT2D eigenvalue weighted by Crippen LogP contribution is 2.43. The molecular weight excluding hydrogens is 631 g/mol. The first kappa shape index (κ1) is 30.0. The van der Waals surface area contributed by atoms with Crippen molar-refractivity contribution in [1.29, 1.82) is 0 Å². The number of nitrogens with zero attached hydrogens (tertiary/aromatic N) is 1. The van der Waals surface area contributed by atoms with Crippen molar-refractivity contribution in [2.24, 2.45) is 0 Å². The summed E-state index contributed by atoms with van der Waals surface area (Å²) in [7, 11) is 0. The fourth-order valence-electron chi connectivity index (χ4n) is 7.60. The van der Waals surface area contributed by atoms with Crippen molar-refractivity contribution in [3.63, 3.8) is 0 Å². The molecule has 0 radical (unpaired) electrons. The Balaban J connectivity index is 1.08. The maximum absolute atomic E-state index is 6.38. The van der Waals surface area contributed by atoms with Gasteiger partial charge in [-0.05, 0) is 104 Å². The van der Waals surface area contributed by atoms with Crippen molar-refractivity contribution in [3.05, 3.63) is 200 Å². The number of para-hydroxylation sites is 2. The monoisotopic (exact) mass is 663 g/mol. The highest BCUT2D eigenvalue weighted by Gasteiger charge is 2.19. The predicted molar refractivity (Wildman–Crippen MR) is 220 cm³/mol. The molecule has 10 rings (SSSR count). The van der Waals surface area contributed by atoms with Gasteiger partial charge in [0, 0.05) is 33.8 Å². The van der Waals surface area contributed by atoms with Gasteiger partial charge < -0.3 is 9.32 Å². The van der Waals surface area contributed by atoms with Crippen LogP contribution < -0.4 is 4.90 Å². The van der Waals surface area contributed by atoms with E-state index >= 15 is 0 Å². The van der Waals surface area contributed by atoms with Crippen LogP contribution in [0.3, 0.4) is 0 Å². The molecule has 0 aliphatic carbocycles. The Morgan fingerprint density at radius 3 is 1.63 bits per heavy atom. The zero-order valence-electron chi connectivity index (χ0n) is 28.4. The van der Waals surface area contributed by atoms with Gasteiger partial charge in [-0.2, -0.15) is 0 Å². The lowest BCUT2D eigenvalue weighted by Gasteiger charge is -2.28. The van der Waals surface area contributed by atoms with Gasteiger partial charge in [0.25, 0.3) is 0 Å². The summed E-state index contributed by atoms with van der Waals surface area (Å²) < 4.78 is 6.38. The van der Waals surface area contributed by atoms with Crippen molar-refractivity contribution in [3.8, 4) is 33.4 Å². The maximum atomic E-state index is 6.38. The van der Waals surface area contributed by atoms with E-state index < -0.39 is 0 Å². The molecule has 0 saturated heterocycles. The minimum Gasteiger partial charge on any atom is -0.456 e. The second kappa shape index (κ2) is 12.5. The number of fused-ring (bicyclic) bond motifs is 5. The summed E-state index contributed by atoms with van der Waals surface area (Å²) in [4.78, 5) is 2.36. The van der Waals surface area contributed by atoms with Crippen LogP contribution >= 0.6 is 0 Å². The average Bonchev–Trinajstić information content (AvgIpc) is 3.59. The highest BCUT2D eigenvalue weighted by atomic mass is 16.3. The van der Waals surface area contributed by atoms with Crippen LogP contribution in [0.1, 0.15) is 0 Å². The number of rotatable bonds is 6. The Bertz CT molecular complexity index is 2910. The Labute approximate surface area is 302 Å². The first-order valence-corrected chi connectivity index (χ1v) is 17.7. The molecule has 0 aliphatic heterocycles. The van der Waals surface area contributed by atoms with E-state index in [4.69, 9.17) is 4.42 Å². The Morgan fingerprint density at radius 2 is 0.846 bits per heavy atom. The summed E-state index contributed by atoms with van der Waals surface area (Å²) in [6, 6.07) is 71.8. The van der Waals surface area contributed by atoms with Gasteiger partial charge in [-0.25, -0.2) is 0 Å². The van der Waals surface area contributed by atoms with E-state index in [0.29, 0.717) is 0 Å². The zero-order chi connectivity index (χ0) is 34.4. The topological polar surface area (TPSA) is 16.4 Å². The van der Waals surface area contributed by atoms with E-state index in [0.717, 1.165) is 44.6 Å². The molecule has 0 fully saturated rings. The van der Waals surface area contributed by atoms with E-state index in [1.807, 2.05) is 12.1 Å². The van der Waals surface area contributed by atoms with Crippen LogP contribution in [0.5, 0.6) is 0 Å². The second-order valence-corrected chi connectivity index (χ2v) is 13.4. The summed E-state index contributed by atoms with van der Waals surface area (Å²) in [5.74, 6) is 0.